The number of aromatic nitrogens is 2. The fraction of sp³-hybridized carbons (Fsp3) is 0.250. The topological polar surface area (TPSA) is 111 Å². The van der Waals surface area contributed by atoms with Crippen LogP contribution in [0, 0.1) is 0 Å². The van der Waals surface area contributed by atoms with E-state index in [1.807, 2.05) is 43.3 Å². The molecule has 2 aromatic heterocycles. The molecule has 0 aliphatic carbocycles. The predicted molar refractivity (Wildman–Crippen MR) is 143 cm³/mol. The summed E-state index contributed by atoms with van der Waals surface area (Å²) < 4.78 is 38.8. The lowest BCUT2D eigenvalue weighted by Gasteiger charge is -2.26. The Morgan fingerprint density at radius 2 is 1.82 bits per heavy atom. The molecule has 0 spiro atoms. The number of carbonyl (C=O) groups is 1. The van der Waals surface area contributed by atoms with Crippen molar-refractivity contribution in [1.29, 1.82) is 0 Å². The Kier molecular flexibility index (Phi) is 7.64. The molecule has 0 unspecified atom stereocenters. The number of hydrogen-bond donors (Lipinski definition) is 1. The molecule has 0 bridgehead atoms. The van der Waals surface area contributed by atoms with E-state index in [-0.39, 0.29) is 23.9 Å². The molecule has 2 aromatic carbocycles. The van der Waals surface area contributed by atoms with Crippen LogP contribution in [0.15, 0.2) is 77.8 Å². The third kappa shape index (κ3) is 5.52. The molecule has 0 saturated carbocycles. The maximum atomic E-state index is 13.5. The van der Waals surface area contributed by atoms with Gasteiger partial charge in [0.05, 0.1) is 47.2 Å². The first kappa shape index (κ1) is 25.8. The zero-order valence-electron chi connectivity index (χ0n) is 21.0. The average molecular weight is 533 g/mol. The number of pyridine rings is 2. The van der Waals surface area contributed by atoms with E-state index in [2.05, 4.69) is 15.3 Å². The number of benzene rings is 2. The van der Waals surface area contributed by atoms with Gasteiger partial charge in [-0.15, -0.1) is 0 Å². The molecule has 9 nitrogen and oxygen atoms in total. The number of nitrogens with one attached hydrogen (secondary N) is 1. The normalized spacial score (nSPS) is 14.3. The minimum Gasteiger partial charge on any atom is -0.494 e. The van der Waals surface area contributed by atoms with E-state index in [0.717, 1.165) is 11.3 Å². The summed E-state index contributed by atoms with van der Waals surface area (Å²) in [6.45, 7) is 4.05. The van der Waals surface area contributed by atoms with Crippen molar-refractivity contribution in [2.75, 3.05) is 32.9 Å². The SMILES string of the molecule is CCOc1ccc(CNC(=O)c2cc(-c3ccccn3)nc3ccc(S(=O)(=O)N4CCOCC4)cc23)cc1. The van der Waals surface area contributed by atoms with Crippen molar-refractivity contribution in [3.8, 4) is 17.1 Å². The second-order valence-electron chi connectivity index (χ2n) is 8.73. The van der Waals surface area contributed by atoms with E-state index in [4.69, 9.17) is 9.47 Å². The number of hydrogen-bond acceptors (Lipinski definition) is 7. The zero-order chi connectivity index (χ0) is 26.5. The zero-order valence-corrected chi connectivity index (χ0v) is 21.8. The number of fused-ring (bicyclic) bond motifs is 1. The molecular weight excluding hydrogens is 504 g/mol. The van der Waals surface area contributed by atoms with Gasteiger partial charge in [-0.1, -0.05) is 18.2 Å². The molecule has 1 amide bonds. The van der Waals surface area contributed by atoms with Crippen LogP contribution in [0.5, 0.6) is 5.75 Å². The fourth-order valence-electron chi connectivity index (χ4n) is 4.28. The van der Waals surface area contributed by atoms with Gasteiger partial charge in [0.2, 0.25) is 10.0 Å². The third-order valence-electron chi connectivity index (χ3n) is 6.25. The van der Waals surface area contributed by atoms with Gasteiger partial charge in [-0.25, -0.2) is 13.4 Å². The van der Waals surface area contributed by atoms with Gasteiger partial charge in [-0.05, 0) is 61.0 Å². The van der Waals surface area contributed by atoms with Gasteiger partial charge in [0.1, 0.15) is 5.75 Å². The van der Waals surface area contributed by atoms with Crippen molar-refractivity contribution >= 4 is 26.8 Å². The highest BCUT2D eigenvalue weighted by atomic mass is 32.2. The van der Waals surface area contributed by atoms with Crippen molar-refractivity contribution in [2.45, 2.75) is 18.4 Å². The van der Waals surface area contributed by atoms with Crippen molar-refractivity contribution in [3.05, 3.63) is 84.1 Å². The van der Waals surface area contributed by atoms with Gasteiger partial charge in [0.15, 0.2) is 0 Å². The Labute approximate surface area is 221 Å². The number of sulfonamides is 1. The summed E-state index contributed by atoms with van der Waals surface area (Å²) in [5.74, 6) is 0.418. The number of nitrogens with zero attached hydrogens (tertiary/aromatic N) is 3. The molecule has 0 radical (unpaired) electrons. The number of amides is 1. The van der Waals surface area contributed by atoms with E-state index >= 15 is 0 Å². The smallest absolute Gasteiger partial charge is 0.252 e. The minimum absolute atomic E-state index is 0.111. The largest absolute Gasteiger partial charge is 0.494 e. The summed E-state index contributed by atoms with van der Waals surface area (Å²) >= 11 is 0. The van der Waals surface area contributed by atoms with E-state index in [1.54, 1.807) is 24.4 Å². The van der Waals surface area contributed by atoms with Crippen LogP contribution in [-0.2, 0) is 21.3 Å². The standard InChI is InChI=1S/C28H28N4O5S/c1-2-37-21-8-6-20(7-9-21)19-30-28(33)24-18-27(26-5-3-4-12-29-26)31-25-11-10-22(17-23(24)25)38(34,35)32-13-15-36-16-14-32/h3-12,17-18H,2,13-16,19H2,1H3,(H,30,33). The van der Waals surface area contributed by atoms with Gasteiger partial charge >= 0.3 is 0 Å². The summed E-state index contributed by atoms with van der Waals surface area (Å²) in [5, 5.41) is 3.40. The van der Waals surface area contributed by atoms with Crippen LogP contribution in [0.3, 0.4) is 0 Å². The lowest BCUT2D eigenvalue weighted by molar-refractivity contribution is 0.0730. The minimum atomic E-state index is -3.75. The van der Waals surface area contributed by atoms with E-state index in [9.17, 15) is 13.2 Å². The Morgan fingerprint density at radius 1 is 1.03 bits per heavy atom. The van der Waals surface area contributed by atoms with Gasteiger partial charge in [-0.3, -0.25) is 9.78 Å². The van der Waals surface area contributed by atoms with Crippen LogP contribution < -0.4 is 10.1 Å². The van der Waals surface area contributed by atoms with Crippen LogP contribution in [0.4, 0.5) is 0 Å². The molecule has 4 aromatic rings. The van der Waals surface area contributed by atoms with Gasteiger partial charge < -0.3 is 14.8 Å². The summed E-state index contributed by atoms with van der Waals surface area (Å²) in [4.78, 5) is 22.7. The first-order chi connectivity index (χ1) is 18.5. The van der Waals surface area contributed by atoms with Crippen molar-refractivity contribution in [3.63, 3.8) is 0 Å². The lowest BCUT2D eigenvalue weighted by atomic mass is 10.1. The maximum absolute atomic E-state index is 13.5. The van der Waals surface area contributed by atoms with E-state index in [0.29, 0.717) is 54.2 Å². The van der Waals surface area contributed by atoms with Crippen LogP contribution in [0.25, 0.3) is 22.3 Å². The summed E-state index contributed by atoms with van der Waals surface area (Å²) in [6, 6.07) is 19.3. The Balaban J connectivity index is 1.51. The van der Waals surface area contributed by atoms with Gasteiger partial charge in [0, 0.05) is 31.2 Å². The molecule has 5 rings (SSSR count). The summed E-state index contributed by atoms with van der Waals surface area (Å²) in [5.41, 5.74) is 2.86. The molecular formula is C28H28N4O5S. The molecule has 196 valence electrons. The number of morpholine rings is 1. The van der Waals surface area contributed by atoms with Gasteiger partial charge in [-0.2, -0.15) is 4.31 Å². The van der Waals surface area contributed by atoms with Crippen molar-refractivity contribution in [2.24, 2.45) is 0 Å². The summed E-state index contributed by atoms with van der Waals surface area (Å²) in [6.07, 6.45) is 1.66. The number of carbonyl (C=O) groups excluding carboxylic acids is 1. The summed E-state index contributed by atoms with van der Waals surface area (Å²) in [7, 11) is -3.75. The highest BCUT2D eigenvalue weighted by Crippen LogP contribution is 2.28. The Bertz CT molecular complexity index is 1540. The van der Waals surface area contributed by atoms with E-state index in [1.165, 1.54) is 16.4 Å². The fourth-order valence-corrected chi connectivity index (χ4v) is 5.72. The van der Waals surface area contributed by atoms with Crippen LogP contribution in [0.2, 0.25) is 0 Å². The number of rotatable bonds is 8. The molecule has 38 heavy (non-hydrogen) atoms. The second kappa shape index (κ2) is 11.3. The first-order valence-corrected chi connectivity index (χ1v) is 13.8. The van der Waals surface area contributed by atoms with E-state index < -0.39 is 10.0 Å². The highest BCUT2D eigenvalue weighted by molar-refractivity contribution is 7.89. The predicted octanol–water partition coefficient (Wildman–Crippen LogP) is 3.65. The van der Waals surface area contributed by atoms with Crippen LogP contribution in [-0.4, -0.2) is 61.5 Å². The lowest BCUT2D eigenvalue weighted by Crippen LogP contribution is -2.40. The molecule has 3 heterocycles. The molecule has 1 aliphatic heterocycles. The third-order valence-corrected chi connectivity index (χ3v) is 8.14. The van der Waals surface area contributed by atoms with Crippen LogP contribution in [0.1, 0.15) is 22.8 Å². The Morgan fingerprint density at radius 3 is 2.53 bits per heavy atom. The molecule has 0 atom stereocenters. The molecule has 1 aliphatic rings. The Hall–Kier alpha value is -3.86. The van der Waals surface area contributed by atoms with Crippen molar-refractivity contribution in [1.82, 2.24) is 19.6 Å². The molecule has 1 fully saturated rings. The highest BCUT2D eigenvalue weighted by Gasteiger charge is 2.27. The molecule has 1 saturated heterocycles. The molecule has 1 N–H and O–H groups in total. The van der Waals surface area contributed by atoms with Crippen molar-refractivity contribution < 1.29 is 22.7 Å². The maximum Gasteiger partial charge on any atom is 0.252 e. The number of ether oxygens (including phenoxy) is 2. The second-order valence-corrected chi connectivity index (χ2v) is 10.7. The molecule has 10 heteroatoms. The van der Waals surface area contributed by atoms with Gasteiger partial charge in [0.25, 0.3) is 5.91 Å². The van der Waals surface area contributed by atoms with Crippen LogP contribution >= 0.6 is 0 Å². The monoisotopic (exact) mass is 532 g/mol. The quantitative estimate of drug-likeness (QED) is 0.369. The first-order valence-electron chi connectivity index (χ1n) is 12.4. The average Bonchev–Trinajstić information content (AvgIpc) is 2.97.